The van der Waals surface area contributed by atoms with Crippen molar-refractivity contribution in [3.63, 3.8) is 0 Å². The number of aliphatic imine (C=N–C) groups is 1. The summed E-state index contributed by atoms with van der Waals surface area (Å²) in [4.78, 5) is 4.36. The van der Waals surface area contributed by atoms with Crippen molar-refractivity contribution >= 4 is 29.9 Å². The summed E-state index contributed by atoms with van der Waals surface area (Å²) in [5, 5.41) is 7.46. The summed E-state index contributed by atoms with van der Waals surface area (Å²) in [6.07, 6.45) is 1.95. The molecule has 0 unspecified atom stereocenters. The van der Waals surface area contributed by atoms with E-state index in [0.717, 1.165) is 22.5 Å². The number of nitrogens with two attached hydrogens (primary N) is 1. The van der Waals surface area contributed by atoms with Gasteiger partial charge in [-0.3, -0.25) is 0 Å². The second-order valence-corrected chi connectivity index (χ2v) is 5.04. The third kappa shape index (κ3) is 5.18. The van der Waals surface area contributed by atoms with E-state index in [1.54, 1.807) is 0 Å². The predicted molar refractivity (Wildman–Crippen MR) is 102 cm³/mol. The van der Waals surface area contributed by atoms with E-state index < -0.39 is 0 Å². The molecule has 22 heavy (non-hydrogen) atoms. The summed E-state index contributed by atoms with van der Waals surface area (Å²) in [6.45, 7) is 8.86. The zero-order valence-electron chi connectivity index (χ0n) is 12.9. The summed E-state index contributed by atoms with van der Waals surface area (Å²) >= 11 is 0. The zero-order chi connectivity index (χ0) is 15.2. The van der Waals surface area contributed by atoms with Crippen LogP contribution >= 0.6 is 24.0 Å². The van der Waals surface area contributed by atoms with Crippen LogP contribution in [0.1, 0.15) is 18.2 Å². The number of hydrogen-bond donors (Lipinski definition) is 2. The number of para-hydroxylation sites is 1. The molecule has 0 aliphatic heterocycles. The van der Waals surface area contributed by atoms with E-state index in [-0.39, 0.29) is 24.0 Å². The average Bonchev–Trinajstić information content (AvgIpc) is 2.89. The van der Waals surface area contributed by atoms with E-state index in [4.69, 9.17) is 5.73 Å². The Kier molecular flexibility index (Phi) is 7.10. The average molecular weight is 411 g/mol. The molecule has 2 rings (SSSR count). The molecule has 0 amide bonds. The smallest absolute Gasteiger partial charge is 0.189 e. The molecular weight excluding hydrogens is 389 g/mol. The van der Waals surface area contributed by atoms with Crippen LogP contribution in [-0.2, 0) is 6.54 Å². The molecule has 118 valence electrons. The first-order valence-electron chi connectivity index (χ1n) is 6.85. The Morgan fingerprint density at radius 3 is 2.73 bits per heavy atom. The van der Waals surface area contributed by atoms with Gasteiger partial charge in [0, 0.05) is 12.7 Å². The molecule has 1 aromatic carbocycles. The molecule has 0 fully saturated rings. The van der Waals surface area contributed by atoms with Gasteiger partial charge in [0.2, 0.25) is 0 Å². The van der Waals surface area contributed by atoms with Crippen molar-refractivity contribution in [3.8, 4) is 5.69 Å². The molecule has 0 radical (unpaired) electrons. The summed E-state index contributed by atoms with van der Waals surface area (Å²) in [5.41, 5.74) is 9.92. The van der Waals surface area contributed by atoms with Crippen LogP contribution in [0.25, 0.3) is 5.69 Å². The molecule has 0 atom stereocenters. The SMILES string of the molecule is C=C(C)CNC(N)=NCc1ccccc1-n1ccc(C)n1.I. The molecule has 1 aromatic heterocycles. The van der Waals surface area contributed by atoms with Crippen molar-refractivity contribution in [2.45, 2.75) is 20.4 Å². The fourth-order valence-electron chi connectivity index (χ4n) is 1.88. The highest BCUT2D eigenvalue weighted by atomic mass is 127. The number of aryl methyl sites for hydroxylation is 1. The quantitative estimate of drug-likeness (QED) is 0.344. The van der Waals surface area contributed by atoms with Crippen molar-refractivity contribution in [1.29, 1.82) is 0 Å². The standard InChI is InChI=1S/C16H21N5.HI/c1-12(2)10-18-16(17)19-11-14-6-4-5-7-15(14)21-9-8-13(3)20-21;/h4-9H,1,10-11H2,2-3H3,(H3,17,18,19);1H. The maximum absolute atomic E-state index is 5.84. The minimum atomic E-state index is 0. The molecular formula is C16H22IN5. The number of benzene rings is 1. The van der Waals surface area contributed by atoms with Crippen LogP contribution in [0.4, 0.5) is 0 Å². The highest BCUT2D eigenvalue weighted by Crippen LogP contribution is 2.15. The van der Waals surface area contributed by atoms with E-state index >= 15 is 0 Å². The monoisotopic (exact) mass is 411 g/mol. The van der Waals surface area contributed by atoms with E-state index in [1.807, 2.05) is 55.1 Å². The van der Waals surface area contributed by atoms with Crippen LogP contribution in [0.3, 0.4) is 0 Å². The highest BCUT2D eigenvalue weighted by Gasteiger charge is 2.04. The summed E-state index contributed by atoms with van der Waals surface area (Å²) in [5.74, 6) is 0.421. The predicted octanol–water partition coefficient (Wildman–Crippen LogP) is 2.78. The Morgan fingerprint density at radius 2 is 2.09 bits per heavy atom. The van der Waals surface area contributed by atoms with Crippen LogP contribution in [0.5, 0.6) is 0 Å². The maximum Gasteiger partial charge on any atom is 0.189 e. The molecule has 0 saturated heterocycles. The van der Waals surface area contributed by atoms with E-state index in [2.05, 4.69) is 22.0 Å². The van der Waals surface area contributed by atoms with Gasteiger partial charge in [0.05, 0.1) is 17.9 Å². The lowest BCUT2D eigenvalue weighted by molar-refractivity contribution is 0.841. The van der Waals surface area contributed by atoms with Crippen molar-refractivity contribution < 1.29 is 0 Å². The number of nitrogens with zero attached hydrogens (tertiary/aromatic N) is 3. The van der Waals surface area contributed by atoms with E-state index in [9.17, 15) is 0 Å². The Bertz CT molecular complexity index is 660. The van der Waals surface area contributed by atoms with Crippen molar-refractivity contribution in [2.75, 3.05) is 6.54 Å². The largest absolute Gasteiger partial charge is 0.370 e. The van der Waals surface area contributed by atoms with Gasteiger partial charge in [-0.1, -0.05) is 30.4 Å². The van der Waals surface area contributed by atoms with Gasteiger partial charge in [0.15, 0.2) is 5.96 Å². The molecule has 0 saturated carbocycles. The topological polar surface area (TPSA) is 68.2 Å². The van der Waals surface area contributed by atoms with E-state index in [0.29, 0.717) is 19.0 Å². The van der Waals surface area contributed by atoms with Gasteiger partial charge in [0.25, 0.3) is 0 Å². The molecule has 2 aromatic rings. The first kappa shape index (κ1) is 18.2. The molecule has 0 aliphatic rings. The van der Waals surface area contributed by atoms with Crippen LogP contribution in [0.2, 0.25) is 0 Å². The number of guanidine groups is 1. The van der Waals surface area contributed by atoms with Crippen LogP contribution in [0, 0.1) is 6.92 Å². The lowest BCUT2D eigenvalue weighted by Gasteiger charge is -2.09. The second kappa shape index (κ2) is 8.57. The molecule has 0 bridgehead atoms. The number of nitrogens with one attached hydrogen (secondary N) is 1. The van der Waals surface area contributed by atoms with Crippen LogP contribution in [0.15, 0.2) is 53.7 Å². The van der Waals surface area contributed by atoms with Gasteiger partial charge in [0.1, 0.15) is 0 Å². The van der Waals surface area contributed by atoms with E-state index in [1.165, 1.54) is 0 Å². The second-order valence-electron chi connectivity index (χ2n) is 5.04. The van der Waals surface area contributed by atoms with Gasteiger partial charge >= 0.3 is 0 Å². The first-order valence-corrected chi connectivity index (χ1v) is 6.85. The van der Waals surface area contributed by atoms with Gasteiger partial charge in [-0.25, -0.2) is 9.67 Å². The number of halogens is 1. The third-order valence-corrected chi connectivity index (χ3v) is 2.95. The fourth-order valence-corrected chi connectivity index (χ4v) is 1.88. The van der Waals surface area contributed by atoms with Crippen molar-refractivity contribution in [3.05, 3.63) is 59.9 Å². The normalized spacial score (nSPS) is 10.9. The minimum Gasteiger partial charge on any atom is -0.370 e. The summed E-state index contributed by atoms with van der Waals surface area (Å²) in [7, 11) is 0. The molecule has 5 nitrogen and oxygen atoms in total. The Labute approximate surface area is 148 Å². The molecule has 0 spiro atoms. The maximum atomic E-state index is 5.84. The Morgan fingerprint density at radius 1 is 1.36 bits per heavy atom. The van der Waals surface area contributed by atoms with Gasteiger partial charge < -0.3 is 11.1 Å². The number of rotatable bonds is 5. The summed E-state index contributed by atoms with van der Waals surface area (Å²) < 4.78 is 1.86. The van der Waals surface area contributed by atoms with Crippen LogP contribution < -0.4 is 11.1 Å². The van der Waals surface area contributed by atoms with Gasteiger partial charge in [-0.2, -0.15) is 5.10 Å². The highest BCUT2D eigenvalue weighted by molar-refractivity contribution is 14.0. The fraction of sp³-hybridized carbons (Fsp3) is 0.250. The third-order valence-electron chi connectivity index (χ3n) is 2.95. The zero-order valence-corrected chi connectivity index (χ0v) is 15.2. The Hall–Kier alpha value is -1.83. The molecule has 0 aliphatic carbocycles. The number of hydrogen-bond acceptors (Lipinski definition) is 2. The number of aromatic nitrogens is 2. The molecule has 6 heteroatoms. The van der Waals surface area contributed by atoms with Gasteiger partial charge in [-0.15, -0.1) is 24.0 Å². The molecule has 1 heterocycles. The Balaban J connectivity index is 0.00000242. The summed E-state index contributed by atoms with van der Waals surface area (Å²) in [6, 6.07) is 10.0. The van der Waals surface area contributed by atoms with Crippen molar-refractivity contribution in [2.24, 2.45) is 10.7 Å². The lowest BCUT2D eigenvalue weighted by Crippen LogP contribution is -2.32. The molecule has 3 N–H and O–H groups in total. The first-order chi connectivity index (χ1) is 10.1. The lowest BCUT2D eigenvalue weighted by atomic mass is 10.2. The van der Waals surface area contributed by atoms with Crippen molar-refractivity contribution in [1.82, 2.24) is 15.1 Å². The van der Waals surface area contributed by atoms with Gasteiger partial charge in [-0.05, 0) is 31.5 Å². The minimum absolute atomic E-state index is 0. The van der Waals surface area contributed by atoms with Crippen LogP contribution in [-0.4, -0.2) is 22.3 Å².